The third kappa shape index (κ3) is 5.03. The molecular formula is C17H24N2O2. The third-order valence-electron chi connectivity index (χ3n) is 2.85. The number of aryl methyl sites for hydroxylation is 1. The highest BCUT2D eigenvalue weighted by Gasteiger charge is 2.22. The van der Waals surface area contributed by atoms with E-state index in [2.05, 4.69) is 4.99 Å². The molecule has 0 aliphatic rings. The van der Waals surface area contributed by atoms with Crippen LogP contribution in [0.1, 0.15) is 56.0 Å². The van der Waals surface area contributed by atoms with Crippen LogP contribution in [0.2, 0.25) is 0 Å². The molecule has 1 unspecified atom stereocenters. The van der Waals surface area contributed by atoms with E-state index < -0.39 is 0 Å². The average molecular weight is 288 g/mol. The molecule has 114 valence electrons. The molecule has 0 fully saturated rings. The van der Waals surface area contributed by atoms with Crippen LogP contribution >= 0.6 is 0 Å². The lowest BCUT2D eigenvalue weighted by atomic mass is 10.00. The second-order valence-electron chi connectivity index (χ2n) is 4.38. The molecule has 0 aliphatic carbocycles. The second kappa shape index (κ2) is 9.71. The Morgan fingerprint density at radius 3 is 2.62 bits per heavy atom. The lowest BCUT2D eigenvalue weighted by Crippen LogP contribution is -2.10. The summed E-state index contributed by atoms with van der Waals surface area (Å²) in [6.07, 6.45) is 3.75. The first-order valence-corrected chi connectivity index (χ1v) is 7.15. The molecule has 4 heteroatoms. The van der Waals surface area contributed by atoms with Crippen LogP contribution in [-0.4, -0.2) is 19.0 Å². The Labute approximate surface area is 127 Å². The molecular weight excluding hydrogens is 264 g/mol. The summed E-state index contributed by atoms with van der Waals surface area (Å²) >= 11 is 0. The van der Waals surface area contributed by atoms with Crippen molar-refractivity contribution in [3.63, 3.8) is 0 Å². The molecule has 0 N–H and O–H groups in total. The number of carbonyl (C=O) groups is 1. The molecule has 1 aromatic rings. The molecule has 0 saturated heterocycles. The summed E-state index contributed by atoms with van der Waals surface area (Å²) in [4.78, 5) is 16.1. The molecule has 1 aromatic heterocycles. The monoisotopic (exact) mass is 288 g/mol. The number of allylic oxidation sites excluding steroid dienone is 2. The Balaban J connectivity index is 0.00000191. The Bertz CT molecular complexity index is 560. The van der Waals surface area contributed by atoms with Gasteiger partial charge in [0.15, 0.2) is 5.76 Å². The van der Waals surface area contributed by atoms with Crippen LogP contribution in [-0.2, 0) is 0 Å². The molecule has 1 atom stereocenters. The number of aliphatic imine (C=N–C) groups is 1. The number of furan rings is 1. The van der Waals surface area contributed by atoms with Crippen molar-refractivity contribution in [1.82, 2.24) is 0 Å². The van der Waals surface area contributed by atoms with E-state index >= 15 is 0 Å². The minimum Gasteiger partial charge on any atom is -0.453 e. The van der Waals surface area contributed by atoms with Crippen LogP contribution < -0.4 is 0 Å². The fourth-order valence-corrected chi connectivity index (χ4v) is 1.74. The third-order valence-corrected chi connectivity index (χ3v) is 2.85. The Kier molecular flexibility index (Phi) is 8.71. The highest BCUT2D eigenvalue weighted by molar-refractivity contribution is 6.09. The van der Waals surface area contributed by atoms with Gasteiger partial charge in [-0.1, -0.05) is 26.8 Å². The van der Waals surface area contributed by atoms with Crippen LogP contribution in [0.15, 0.2) is 21.6 Å². The quantitative estimate of drug-likeness (QED) is 0.593. The predicted molar refractivity (Wildman–Crippen MR) is 86.6 cm³/mol. The Hall–Kier alpha value is -2.15. The first-order valence-electron chi connectivity index (χ1n) is 7.15. The van der Waals surface area contributed by atoms with E-state index in [1.807, 2.05) is 45.9 Å². The van der Waals surface area contributed by atoms with Gasteiger partial charge in [-0.3, -0.25) is 9.79 Å². The largest absolute Gasteiger partial charge is 0.453 e. The smallest absolute Gasteiger partial charge is 0.202 e. The van der Waals surface area contributed by atoms with Crippen molar-refractivity contribution in [3.05, 3.63) is 29.2 Å². The number of rotatable bonds is 5. The summed E-state index contributed by atoms with van der Waals surface area (Å²) in [7, 11) is 1.68. The van der Waals surface area contributed by atoms with Crippen LogP contribution in [0, 0.1) is 24.2 Å². The number of hydrogen-bond acceptors (Lipinski definition) is 4. The van der Waals surface area contributed by atoms with Crippen molar-refractivity contribution in [3.8, 4) is 6.07 Å². The van der Waals surface area contributed by atoms with Gasteiger partial charge >= 0.3 is 0 Å². The molecule has 0 spiro atoms. The summed E-state index contributed by atoms with van der Waals surface area (Å²) in [5.41, 5.74) is 1.62. The van der Waals surface area contributed by atoms with Crippen molar-refractivity contribution in [2.75, 3.05) is 7.05 Å². The summed E-state index contributed by atoms with van der Waals surface area (Å²) in [5.74, 6) is 0.477. The van der Waals surface area contributed by atoms with Gasteiger partial charge in [0, 0.05) is 31.2 Å². The zero-order chi connectivity index (χ0) is 16.4. The van der Waals surface area contributed by atoms with Crippen molar-refractivity contribution in [2.45, 2.75) is 41.0 Å². The first kappa shape index (κ1) is 18.9. The standard InChI is InChI=1S/C15H18N2O2.C2H6/c1-5-12(9-17-4)13-8-11(3)15(19-13)14(18)10(2)6-7-16;1-2/h5,8-10H,6H2,1-4H3;1-2H3/b12-5+,17-9?;. The normalized spacial score (nSPS) is 12.5. The average Bonchev–Trinajstić information content (AvgIpc) is 2.88. The fourth-order valence-electron chi connectivity index (χ4n) is 1.74. The van der Waals surface area contributed by atoms with Crippen LogP contribution in [0.5, 0.6) is 0 Å². The number of carbonyl (C=O) groups excluding carboxylic acids is 1. The number of Topliss-reactive ketones (excluding diaryl/α,β-unsaturated/α-hetero) is 1. The maximum atomic E-state index is 12.1. The number of ketones is 1. The van der Waals surface area contributed by atoms with E-state index in [0.29, 0.717) is 11.5 Å². The summed E-state index contributed by atoms with van der Waals surface area (Å²) < 4.78 is 5.63. The topological polar surface area (TPSA) is 66.4 Å². The maximum Gasteiger partial charge on any atom is 0.202 e. The molecule has 0 aromatic carbocycles. The minimum atomic E-state index is -0.350. The van der Waals surface area contributed by atoms with Gasteiger partial charge in [0.1, 0.15) is 5.76 Å². The first-order chi connectivity index (χ1) is 10.0. The fraction of sp³-hybridized carbons (Fsp3) is 0.471. The number of nitrogens with zero attached hydrogens (tertiary/aromatic N) is 2. The van der Waals surface area contributed by atoms with Crippen LogP contribution in [0.4, 0.5) is 0 Å². The zero-order valence-corrected chi connectivity index (χ0v) is 13.7. The Morgan fingerprint density at radius 2 is 2.14 bits per heavy atom. The van der Waals surface area contributed by atoms with Gasteiger partial charge in [-0.05, 0) is 25.5 Å². The molecule has 21 heavy (non-hydrogen) atoms. The van der Waals surface area contributed by atoms with Crippen molar-refractivity contribution in [2.24, 2.45) is 10.9 Å². The molecule has 0 aliphatic heterocycles. The zero-order valence-electron chi connectivity index (χ0n) is 13.7. The molecule has 0 amide bonds. The summed E-state index contributed by atoms with van der Waals surface area (Å²) in [6, 6.07) is 3.83. The molecule has 1 heterocycles. The van der Waals surface area contributed by atoms with Gasteiger partial charge in [0.25, 0.3) is 0 Å². The Morgan fingerprint density at radius 1 is 1.52 bits per heavy atom. The van der Waals surface area contributed by atoms with Crippen LogP contribution in [0.3, 0.4) is 0 Å². The number of hydrogen-bond donors (Lipinski definition) is 0. The van der Waals surface area contributed by atoms with E-state index in [1.54, 1.807) is 20.2 Å². The maximum absolute atomic E-state index is 12.1. The van der Waals surface area contributed by atoms with Crippen molar-refractivity contribution in [1.29, 1.82) is 5.26 Å². The SMILES string of the molecule is C/C=C(\C=NC)c1cc(C)c(C(=O)C(C)CC#N)o1.CC. The van der Waals surface area contributed by atoms with Gasteiger partial charge in [0.05, 0.1) is 6.07 Å². The van der Waals surface area contributed by atoms with Crippen LogP contribution in [0.25, 0.3) is 5.57 Å². The van der Waals surface area contributed by atoms with Crippen molar-refractivity contribution < 1.29 is 9.21 Å². The van der Waals surface area contributed by atoms with Gasteiger partial charge in [-0.15, -0.1) is 0 Å². The molecule has 0 radical (unpaired) electrons. The molecule has 0 bridgehead atoms. The van der Waals surface area contributed by atoms with E-state index in [0.717, 1.165) is 11.1 Å². The highest BCUT2D eigenvalue weighted by Crippen LogP contribution is 2.24. The summed E-state index contributed by atoms with van der Waals surface area (Å²) in [6.45, 7) is 9.45. The molecule has 4 nitrogen and oxygen atoms in total. The van der Waals surface area contributed by atoms with E-state index in [-0.39, 0.29) is 18.1 Å². The van der Waals surface area contributed by atoms with E-state index in [9.17, 15) is 4.79 Å². The van der Waals surface area contributed by atoms with E-state index in [4.69, 9.17) is 9.68 Å². The van der Waals surface area contributed by atoms with Gasteiger partial charge < -0.3 is 4.42 Å². The lowest BCUT2D eigenvalue weighted by Gasteiger charge is -2.03. The highest BCUT2D eigenvalue weighted by atomic mass is 16.3. The van der Waals surface area contributed by atoms with Gasteiger partial charge in [-0.2, -0.15) is 5.26 Å². The van der Waals surface area contributed by atoms with Crippen molar-refractivity contribution >= 4 is 17.6 Å². The minimum absolute atomic E-state index is 0.130. The molecule has 1 rings (SSSR count). The molecule has 0 saturated carbocycles. The number of nitriles is 1. The summed E-state index contributed by atoms with van der Waals surface area (Å²) in [5, 5.41) is 8.64. The van der Waals surface area contributed by atoms with Gasteiger partial charge in [0.2, 0.25) is 5.78 Å². The lowest BCUT2D eigenvalue weighted by molar-refractivity contribution is 0.0902. The van der Waals surface area contributed by atoms with E-state index in [1.165, 1.54) is 0 Å². The predicted octanol–water partition coefficient (Wildman–Crippen LogP) is 4.45. The second-order valence-corrected chi connectivity index (χ2v) is 4.38. The van der Waals surface area contributed by atoms with Gasteiger partial charge in [-0.25, -0.2) is 0 Å².